The van der Waals surface area contributed by atoms with Crippen LogP contribution in [-0.2, 0) is 0 Å². The molecule has 0 spiro atoms. The highest BCUT2D eigenvalue weighted by Crippen LogP contribution is 2.25. The molecule has 2 aromatic carbocycles. The van der Waals surface area contributed by atoms with Gasteiger partial charge in [0.2, 0.25) is 0 Å². The third-order valence-electron chi connectivity index (χ3n) is 2.34. The first-order valence-electron chi connectivity index (χ1n) is 5.12. The van der Waals surface area contributed by atoms with Gasteiger partial charge in [-0.2, -0.15) is 0 Å². The monoisotopic (exact) mass is 309 g/mol. The van der Waals surface area contributed by atoms with E-state index in [1.807, 2.05) is 6.07 Å². The van der Waals surface area contributed by atoms with Crippen LogP contribution < -0.4 is 5.32 Å². The van der Waals surface area contributed by atoms with Gasteiger partial charge in [-0.05, 0) is 30.3 Å². The predicted octanol–water partition coefficient (Wildman–Crippen LogP) is 4.03. The molecule has 0 amide bonds. The van der Waals surface area contributed by atoms with Gasteiger partial charge in [-0.25, -0.2) is 9.18 Å². The van der Waals surface area contributed by atoms with Crippen LogP contribution >= 0.6 is 15.9 Å². The molecule has 0 saturated carbocycles. The molecule has 18 heavy (non-hydrogen) atoms. The number of benzene rings is 2. The topological polar surface area (TPSA) is 49.3 Å². The minimum absolute atomic E-state index is 0.0388. The zero-order valence-electron chi connectivity index (χ0n) is 9.15. The van der Waals surface area contributed by atoms with Crippen molar-refractivity contribution >= 4 is 33.3 Å². The average Bonchev–Trinajstić information content (AvgIpc) is 2.31. The molecule has 0 heterocycles. The van der Waals surface area contributed by atoms with Crippen LogP contribution in [0.5, 0.6) is 0 Å². The van der Waals surface area contributed by atoms with Gasteiger partial charge in [0.25, 0.3) is 0 Å². The van der Waals surface area contributed by atoms with E-state index in [0.29, 0.717) is 5.69 Å². The number of carboxylic acids is 1. The SMILES string of the molecule is O=C(O)c1cccc(F)c1Nc1cccc(Br)c1. The summed E-state index contributed by atoms with van der Waals surface area (Å²) < 4.78 is 14.5. The molecule has 5 heteroatoms. The summed E-state index contributed by atoms with van der Waals surface area (Å²) in [6.07, 6.45) is 0. The van der Waals surface area contributed by atoms with Gasteiger partial charge in [-0.15, -0.1) is 0 Å². The van der Waals surface area contributed by atoms with E-state index in [-0.39, 0.29) is 11.3 Å². The highest BCUT2D eigenvalue weighted by Gasteiger charge is 2.14. The van der Waals surface area contributed by atoms with E-state index < -0.39 is 11.8 Å². The normalized spacial score (nSPS) is 10.1. The van der Waals surface area contributed by atoms with Gasteiger partial charge in [0.15, 0.2) is 0 Å². The smallest absolute Gasteiger partial charge is 0.337 e. The summed E-state index contributed by atoms with van der Waals surface area (Å²) in [7, 11) is 0. The number of hydrogen-bond acceptors (Lipinski definition) is 2. The van der Waals surface area contributed by atoms with Gasteiger partial charge in [0.1, 0.15) is 5.82 Å². The fourth-order valence-electron chi connectivity index (χ4n) is 1.54. The van der Waals surface area contributed by atoms with Crippen LogP contribution in [0.4, 0.5) is 15.8 Å². The molecule has 0 unspecified atom stereocenters. The Morgan fingerprint density at radius 3 is 2.61 bits per heavy atom. The van der Waals surface area contributed by atoms with Crippen LogP contribution in [0.2, 0.25) is 0 Å². The summed E-state index contributed by atoms with van der Waals surface area (Å²) in [5, 5.41) is 11.8. The van der Waals surface area contributed by atoms with Crippen LogP contribution in [-0.4, -0.2) is 11.1 Å². The Balaban J connectivity index is 2.42. The van der Waals surface area contributed by atoms with Gasteiger partial charge in [-0.1, -0.05) is 28.1 Å². The lowest BCUT2D eigenvalue weighted by atomic mass is 10.1. The maximum atomic E-state index is 13.7. The predicted molar refractivity (Wildman–Crippen MR) is 70.8 cm³/mol. The molecule has 2 N–H and O–H groups in total. The second-order valence-corrected chi connectivity index (χ2v) is 4.52. The number of carboxylic acid groups (broad SMARTS) is 1. The van der Waals surface area contributed by atoms with Crippen LogP contribution in [0.3, 0.4) is 0 Å². The van der Waals surface area contributed by atoms with Crippen molar-refractivity contribution in [1.29, 1.82) is 0 Å². The van der Waals surface area contributed by atoms with Gasteiger partial charge in [-0.3, -0.25) is 0 Å². The maximum absolute atomic E-state index is 13.7. The Labute approximate surface area is 111 Å². The third-order valence-corrected chi connectivity index (χ3v) is 2.83. The second-order valence-electron chi connectivity index (χ2n) is 3.60. The maximum Gasteiger partial charge on any atom is 0.337 e. The summed E-state index contributed by atoms with van der Waals surface area (Å²) in [6.45, 7) is 0. The average molecular weight is 310 g/mol. The Bertz CT molecular complexity index is 601. The molecule has 92 valence electrons. The number of nitrogens with one attached hydrogen (secondary N) is 1. The van der Waals surface area contributed by atoms with Crippen molar-refractivity contribution in [2.45, 2.75) is 0 Å². The first-order chi connectivity index (χ1) is 8.58. The molecule has 0 saturated heterocycles. The summed E-state index contributed by atoms with van der Waals surface area (Å²) in [5.41, 5.74) is 0.468. The number of aromatic carboxylic acids is 1. The van der Waals surface area contributed by atoms with Gasteiger partial charge in [0.05, 0.1) is 11.3 Å². The highest BCUT2D eigenvalue weighted by molar-refractivity contribution is 9.10. The molecule has 0 aliphatic carbocycles. The Morgan fingerprint density at radius 2 is 1.94 bits per heavy atom. The van der Waals surface area contributed by atoms with E-state index in [1.54, 1.807) is 18.2 Å². The molecular formula is C13H9BrFNO2. The minimum Gasteiger partial charge on any atom is -0.478 e. The molecular weight excluding hydrogens is 301 g/mol. The number of para-hydroxylation sites is 1. The van der Waals surface area contributed by atoms with Crippen LogP contribution in [0.15, 0.2) is 46.9 Å². The van der Waals surface area contributed by atoms with E-state index in [2.05, 4.69) is 21.2 Å². The molecule has 0 fully saturated rings. The van der Waals surface area contributed by atoms with Crippen molar-refractivity contribution in [1.82, 2.24) is 0 Å². The van der Waals surface area contributed by atoms with Crippen molar-refractivity contribution in [3.8, 4) is 0 Å². The molecule has 3 nitrogen and oxygen atoms in total. The molecule has 0 atom stereocenters. The number of carbonyl (C=O) groups is 1. The van der Waals surface area contributed by atoms with Crippen molar-refractivity contribution < 1.29 is 14.3 Å². The van der Waals surface area contributed by atoms with Gasteiger partial charge >= 0.3 is 5.97 Å². The second kappa shape index (κ2) is 5.18. The molecule has 2 rings (SSSR count). The van der Waals surface area contributed by atoms with E-state index in [0.717, 1.165) is 4.47 Å². The third kappa shape index (κ3) is 2.68. The number of anilines is 2. The Hall–Kier alpha value is -1.88. The minimum atomic E-state index is -1.17. The summed E-state index contributed by atoms with van der Waals surface area (Å²) >= 11 is 3.29. The fourth-order valence-corrected chi connectivity index (χ4v) is 1.94. The van der Waals surface area contributed by atoms with Crippen LogP contribution in [0.25, 0.3) is 0 Å². The summed E-state index contributed by atoms with van der Waals surface area (Å²) in [6, 6.07) is 11.0. The largest absolute Gasteiger partial charge is 0.478 e. The zero-order valence-corrected chi connectivity index (χ0v) is 10.7. The molecule has 0 aliphatic heterocycles. The number of rotatable bonds is 3. The highest BCUT2D eigenvalue weighted by atomic mass is 79.9. The summed E-state index contributed by atoms with van der Waals surface area (Å²) in [5.74, 6) is -1.78. The van der Waals surface area contributed by atoms with Crippen molar-refractivity contribution in [3.05, 3.63) is 58.3 Å². The van der Waals surface area contributed by atoms with Crippen molar-refractivity contribution in [3.63, 3.8) is 0 Å². The lowest BCUT2D eigenvalue weighted by molar-refractivity contribution is 0.0697. The fraction of sp³-hybridized carbons (Fsp3) is 0. The van der Waals surface area contributed by atoms with Crippen LogP contribution in [0, 0.1) is 5.82 Å². The Kier molecular flexibility index (Phi) is 3.62. The lowest BCUT2D eigenvalue weighted by Crippen LogP contribution is -2.04. The number of halogens is 2. The molecule has 0 radical (unpaired) electrons. The molecule has 0 bridgehead atoms. The van der Waals surface area contributed by atoms with E-state index >= 15 is 0 Å². The van der Waals surface area contributed by atoms with Crippen LogP contribution in [0.1, 0.15) is 10.4 Å². The lowest BCUT2D eigenvalue weighted by Gasteiger charge is -2.10. The van der Waals surface area contributed by atoms with Gasteiger partial charge < -0.3 is 10.4 Å². The van der Waals surface area contributed by atoms with Crippen molar-refractivity contribution in [2.75, 3.05) is 5.32 Å². The molecule has 0 aliphatic rings. The van der Waals surface area contributed by atoms with Crippen molar-refractivity contribution in [2.24, 2.45) is 0 Å². The van der Waals surface area contributed by atoms with Gasteiger partial charge in [0, 0.05) is 10.2 Å². The number of hydrogen-bond donors (Lipinski definition) is 2. The molecule has 0 aromatic heterocycles. The van der Waals surface area contributed by atoms with E-state index in [4.69, 9.17) is 5.11 Å². The Morgan fingerprint density at radius 1 is 1.22 bits per heavy atom. The zero-order chi connectivity index (χ0) is 13.1. The standard InChI is InChI=1S/C13H9BrFNO2/c14-8-3-1-4-9(7-8)16-12-10(13(17)18)5-2-6-11(12)15/h1-7,16H,(H,17,18). The summed E-state index contributed by atoms with van der Waals surface area (Å²) in [4.78, 5) is 11.0. The first kappa shape index (κ1) is 12.6. The quantitative estimate of drug-likeness (QED) is 0.900. The first-order valence-corrected chi connectivity index (χ1v) is 5.91. The van der Waals surface area contributed by atoms with E-state index in [9.17, 15) is 9.18 Å². The van der Waals surface area contributed by atoms with E-state index in [1.165, 1.54) is 18.2 Å². The molecule has 2 aromatic rings.